The van der Waals surface area contributed by atoms with E-state index in [1.54, 1.807) is 0 Å². The van der Waals surface area contributed by atoms with E-state index < -0.39 is 0 Å². The lowest BCUT2D eigenvalue weighted by molar-refractivity contribution is 0.00545. The number of urea groups is 1. The number of hydrogen-bond donors (Lipinski definition) is 3. The van der Waals surface area contributed by atoms with Crippen LogP contribution in [-0.4, -0.2) is 37.0 Å². The fourth-order valence-corrected chi connectivity index (χ4v) is 3.35. The summed E-state index contributed by atoms with van der Waals surface area (Å²) in [5, 5.41) is 18.2. The van der Waals surface area contributed by atoms with E-state index in [-0.39, 0.29) is 18.1 Å². The maximum atomic E-state index is 12.0. The lowest BCUT2D eigenvalue weighted by atomic mass is 9.92. The standard InChI is InChI=1S/C20H26N2O3/c23-19(16-9-12-25-13-10-16)8-11-21-20(24)22-14-17-6-3-5-15-4-1-2-7-18(15)17/h1-7,16,19,23H,8-14H2,(H2,21,22,24)/t19-/m0/s1. The highest BCUT2D eigenvalue weighted by Gasteiger charge is 2.21. The van der Waals surface area contributed by atoms with Crippen LogP contribution in [0.5, 0.6) is 0 Å². The lowest BCUT2D eigenvalue weighted by Crippen LogP contribution is -2.38. The third kappa shape index (κ3) is 4.94. The van der Waals surface area contributed by atoms with Crippen molar-refractivity contribution in [1.29, 1.82) is 0 Å². The number of hydrogen-bond acceptors (Lipinski definition) is 3. The number of fused-ring (bicyclic) bond motifs is 1. The number of aliphatic hydroxyl groups is 1. The van der Waals surface area contributed by atoms with Crippen LogP contribution in [0.25, 0.3) is 10.8 Å². The second-order valence-corrected chi connectivity index (χ2v) is 6.55. The molecule has 1 heterocycles. The quantitative estimate of drug-likeness (QED) is 0.756. The molecule has 0 unspecified atom stereocenters. The van der Waals surface area contributed by atoms with E-state index in [2.05, 4.69) is 28.8 Å². The molecule has 134 valence electrons. The molecule has 1 fully saturated rings. The third-order valence-corrected chi connectivity index (χ3v) is 4.86. The van der Waals surface area contributed by atoms with Gasteiger partial charge < -0.3 is 20.5 Å². The van der Waals surface area contributed by atoms with Crippen LogP contribution in [0.2, 0.25) is 0 Å². The highest BCUT2D eigenvalue weighted by Crippen LogP contribution is 2.20. The first-order chi connectivity index (χ1) is 12.2. The molecule has 5 heteroatoms. The number of nitrogens with one attached hydrogen (secondary N) is 2. The van der Waals surface area contributed by atoms with Gasteiger partial charge in [0.05, 0.1) is 6.10 Å². The van der Waals surface area contributed by atoms with E-state index in [1.165, 1.54) is 5.39 Å². The Hall–Kier alpha value is -2.11. The Morgan fingerprint density at radius 2 is 1.88 bits per heavy atom. The molecule has 2 aromatic rings. The summed E-state index contributed by atoms with van der Waals surface area (Å²) in [6, 6.07) is 14.0. The number of rotatable bonds is 6. The van der Waals surface area contributed by atoms with E-state index in [4.69, 9.17) is 4.74 Å². The molecule has 0 radical (unpaired) electrons. The van der Waals surface area contributed by atoms with Crippen LogP contribution in [0.3, 0.4) is 0 Å². The molecule has 3 rings (SSSR count). The minimum absolute atomic E-state index is 0.202. The van der Waals surface area contributed by atoms with Gasteiger partial charge in [-0.1, -0.05) is 42.5 Å². The summed E-state index contributed by atoms with van der Waals surface area (Å²) in [6.07, 6.45) is 2.00. The van der Waals surface area contributed by atoms with Crippen molar-refractivity contribution in [1.82, 2.24) is 10.6 Å². The second-order valence-electron chi connectivity index (χ2n) is 6.55. The summed E-state index contributed by atoms with van der Waals surface area (Å²) in [7, 11) is 0. The summed E-state index contributed by atoms with van der Waals surface area (Å²) >= 11 is 0. The van der Waals surface area contributed by atoms with Crippen molar-refractivity contribution in [2.75, 3.05) is 19.8 Å². The SMILES string of the molecule is O=C(NCC[C@H](O)C1CCOCC1)NCc1cccc2ccccc12. The van der Waals surface area contributed by atoms with Crippen molar-refractivity contribution in [3.63, 3.8) is 0 Å². The minimum Gasteiger partial charge on any atom is -0.393 e. The summed E-state index contributed by atoms with van der Waals surface area (Å²) in [5.74, 6) is 0.286. The molecule has 0 saturated carbocycles. The Morgan fingerprint density at radius 1 is 1.12 bits per heavy atom. The van der Waals surface area contributed by atoms with Gasteiger partial charge in [-0.3, -0.25) is 0 Å². The molecule has 0 spiro atoms. The zero-order chi connectivity index (χ0) is 17.5. The fraction of sp³-hybridized carbons (Fsp3) is 0.450. The van der Waals surface area contributed by atoms with Gasteiger partial charge in [0, 0.05) is 26.3 Å². The van der Waals surface area contributed by atoms with Crippen LogP contribution >= 0.6 is 0 Å². The molecule has 1 aliphatic heterocycles. The number of ether oxygens (including phenoxy) is 1. The van der Waals surface area contributed by atoms with Gasteiger partial charge in [0.1, 0.15) is 0 Å². The first-order valence-electron chi connectivity index (χ1n) is 8.98. The molecule has 1 atom stereocenters. The molecular formula is C20H26N2O3. The monoisotopic (exact) mass is 342 g/mol. The minimum atomic E-state index is -0.373. The zero-order valence-corrected chi connectivity index (χ0v) is 14.4. The van der Waals surface area contributed by atoms with Crippen molar-refractivity contribution in [2.24, 2.45) is 5.92 Å². The Bertz CT molecular complexity index is 693. The van der Waals surface area contributed by atoms with Gasteiger partial charge in [0.15, 0.2) is 0 Å². The Kier molecular flexibility index (Phi) is 6.25. The maximum Gasteiger partial charge on any atom is 0.315 e. The Labute approximate surface area is 148 Å². The molecule has 3 N–H and O–H groups in total. The van der Waals surface area contributed by atoms with Gasteiger partial charge >= 0.3 is 6.03 Å². The number of carbonyl (C=O) groups is 1. The maximum absolute atomic E-state index is 12.0. The molecule has 0 bridgehead atoms. The van der Waals surface area contributed by atoms with Gasteiger partial charge in [0.2, 0.25) is 0 Å². The summed E-state index contributed by atoms with van der Waals surface area (Å²) < 4.78 is 5.31. The van der Waals surface area contributed by atoms with Crippen molar-refractivity contribution >= 4 is 16.8 Å². The molecule has 0 aliphatic carbocycles. The lowest BCUT2D eigenvalue weighted by Gasteiger charge is -2.26. The van der Waals surface area contributed by atoms with Gasteiger partial charge in [-0.05, 0) is 41.5 Å². The van der Waals surface area contributed by atoms with Crippen molar-refractivity contribution in [2.45, 2.75) is 31.9 Å². The van der Waals surface area contributed by atoms with E-state index in [9.17, 15) is 9.90 Å². The zero-order valence-electron chi connectivity index (χ0n) is 14.4. The molecule has 2 amide bonds. The highest BCUT2D eigenvalue weighted by molar-refractivity contribution is 5.86. The van der Waals surface area contributed by atoms with Crippen molar-refractivity contribution in [3.8, 4) is 0 Å². The predicted molar refractivity (Wildman–Crippen MR) is 98.4 cm³/mol. The average molecular weight is 342 g/mol. The number of carbonyl (C=O) groups excluding carboxylic acids is 1. The van der Waals surface area contributed by atoms with Crippen molar-refractivity contribution < 1.29 is 14.6 Å². The Morgan fingerprint density at radius 3 is 2.72 bits per heavy atom. The van der Waals surface area contributed by atoms with Crippen LogP contribution in [0.15, 0.2) is 42.5 Å². The smallest absolute Gasteiger partial charge is 0.315 e. The van der Waals surface area contributed by atoms with E-state index in [0.717, 1.165) is 37.0 Å². The summed E-state index contributed by atoms with van der Waals surface area (Å²) in [6.45, 7) is 2.40. The number of aliphatic hydroxyl groups excluding tert-OH is 1. The molecule has 25 heavy (non-hydrogen) atoms. The fourth-order valence-electron chi connectivity index (χ4n) is 3.35. The second kappa shape index (κ2) is 8.83. The van der Waals surface area contributed by atoms with Crippen LogP contribution in [0, 0.1) is 5.92 Å². The molecule has 1 saturated heterocycles. The van der Waals surface area contributed by atoms with Gasteiger partial charge in [-0.2, -0.15) is 0 Å². The molecule has 0 aromatic heterocycles. The van der Waals surface area contributed by atoms with Crippen LogP contribution < -0.4 is 10.6 Å². The number of amides is 2. The highest BCUT2D eigenvalue weighted by atomic mass is 16.5. The molecule has 1 aliphatic rings. The predicted octanol–water partition coefficient (Wildman–Crippen LogP) is 2.82. The topological polar surface area (TPSA) is 70.6 Å². The Balaban J connectivity index is 1.42. The van der Waals surface area contributed by atoms with E-state index in [1.807, 2.05) is 24.3 Å². The first-order valence-corrected chi connectivity index (χ1v) is 8.98. The first kappa shape index (κ1) is 17.7. The molecule has 2 aromatic carbocycles. The number of benzene rings is 2. The average Bonchev–Trinajstić information content (AvgIpc) is 2.67. The van der Waals surface area contributed by atoms with E-state index >= 15 is 0 Å². The third-order valence-electron chi connectivity index (χ3n) is 4.86. The van der Waals surface area contributed by atoms with Gasteiger partial charge in [-0.15, -0.1) is 0 Å². The largest absolute Gasteiger partial charge is 0.393 e. The molecular weight excluding hydrogens is 316 g/mol. The van der Waals surface area contributed by atoms with Gasteiger partial charge in [-0.25, -0.2) is 4.79 Å². The van der Waals surface area contributed by atoms with Crippen molar-refractivity contribution in [3.05, 3.63) is 48.0 Å². The van der Waals surface area contributed by atoms with E-state index in [0.29, 0.717) is 19.5 Å². The van der Waals surface area contributed by atoms with Crippen LogP contribution in [-0.2, 0) is 11.3 Å². The van der Waals surface area contributed by atoms with Gasteiger partial charge in [0.25, 0.3) is 0 Å². The summed E-state index contributed by atoms with van der Waals surface area (Å²) in [4.78, 5) is 12.0. The molecule has 5 nitrogen and oxygen atoms in total. The van der Waals surface area contributed by atoms with Crippen LogP contribution in [0.4, 0.5) is 4.79 Å². The normalized spacial score (nSPS) is 16.5. The summed E-state index contributed by atoms with van der Waals surface area (Å²) in [5.41, 5.74) is 1.09. The van der Waals surface area contributed by atoms with Crippen LogP contribution in [0.1, 0.15) is 24.8 Å².